The van der Waals surface area contributed by atoms with E-state index in [1.807, 2.05) is 24.3 Å². The van der Waals surface area contributed by atoms with Crippen molar-refractivity contribution in [2.45, 2.75) is 19.4 Å². The fourth-order valence-electron chi connectivity index (χ4n) is 2.21. The second-order valence-electron chi connectivity index (χ2n) is 4.80. The molecule has 0 saturated carbocycles. The van der Waals surface area contributed by atoms with Crippen molar-refractivity contribution < 1.29 is 9.59 Å². The number of likely N-dealkylation sites (N-methyl/N-ethyl adjacent to an activating group) is 1. The van der Waals surface area contributed by atoms with Crippen LogP contribution in [0.25, 0.3) is 0 Å². The summed E-state index contributed by atoms with van der Waals surface area (Å²) >= 11 is 1.52. The highest BCUT2D eigenvalue weighted by molar-refractivity contribution is 7.09. The van der Waals surface area contributed by atoms with E-state index in [2.05, 4.69) is 4.98 Å². The third-order valence-corrected chi connectivity index (χ3v) is 4.05. The fourth-order valence-corrected chi connectivity index (χ4v) is 2.82. The number of amides is 2. The number of nitrogens with zero attached hydrogens (tertiary/aromatic N) is 3. The number of aromatic nitrogens is 1. The van der Waals surface area contributed by atoms with Crippen LogP contribution in [0.3, 0.4) is 0 Å². The lowest BCUT2D eigenvalue weighted by Gasteiger charge is -2.38. The molecule has 1 atom stereocenters. The summed E-state index contributed by atoms with van der Waals surface area (Å²) in [7, 11) is 1.92. The second-order valence-corrected chi connectivity index (χ2v) is 5.86. The van der Waals surface area contributed by atoms with E-state index in [1.54, 1.807) is 4.90 Å². The molecule has 1 aliphatic rings. The van der Waals surface area contributed by atoms with Crippen LogP contribution in [0, 0.1) is 6.92 Å². The van der Waals surface area contributed by atoms with Gasteiger partial charge in [0.15, 0.2) is 0 Å². The van der Waals surface area contributed by atoms with Gasteiger partial charge in [-0.05, 0) is 14.0 Å². The van der Waals surface area contributed by atoms with Gasteiger partial charge in [-0.1, -0.05) is 0 Å². The molecule has 0 radical (unpaired) electrons. The minimum Gasteiger partial charge on any atom is -0.368 e. The summed E-state index contributed by atoms with van der Waals surface area (Å²) < 4.78 is 0. The maximum absolute atomic E-state index is 12.3. The van der Waals surface area contributed by atoms with Crippen molar-refractivity contribution in [2.75, 3.05) is 26.7 Å². The first-order chi connectivity index (χ1) is 8.97. The van der Waals surface area contributed by atoms with Crippen molar-refractivity contribution in [2.24, 2.45) is 5.73 Å². The Bertz CT molecular complexity index is 488. The maximum atomic E-state index is 12.3. The fraction of sp³-hybridized carbons (Fsp3) is 0.583. The largest absolute Gasteiger partial charge is 0.368 e. The number of hydrogen-bond donors (Lipinski definition) is 1. The summed E-state index contributed by atoms with van der Waals surface area (Å²) in [4.78, 5) is 31.6. The van der Waals surface area contributed by atoms with E-state index in [9.17, 15) is 9.59 Å². The zero-order valence-corrected chi connectivity index (χ0v) is 11.9. The van der Waals surface area contributed by atoms with Gasteiger partial charge in [0.2, 0.25) is 11.8 Å². The summed E-state index contributed by atoms with van der Waals surface area (Å²) in [5.74, 6) is -0.531. The van der Waals surface area contributed by atoms with Gasteiger partial charge >= 0.3 is 0 Å². The smallest absolute Gasteiger partial charge is 0.241 e. The Kier molecular flexibility index (Phi) is 4.16. The van der Waals surface area contributed by atoms with E-state index in [0.717, 1.165) is 17.2 Å². The van der Waals surface area contributed by atoms with Crippen molar-refractivity contribution in [1.29, 1.82) is 0 Å². The molecular weight excluding hydrogens is 264 g/mol. The highest BCUT2D eigenvalue weighted by Crippen LogP contribution is 2.13. The van der Waals surface area contributed by atoms with Gasteiger partial charge in [-0.25, -0.2) is 4.98 Å². The first-order valence-corrected chi connectivity index (χ1v) is 7.03. The predicted octanol–water partition coefficient (Wildman–Crippen LogP) is -0.378. The van der Waals surface area contributed by atoms with Gasteiger partial charge in [-0.15, -0.1) is 11.3 Å². The normalized spacial score (nSPS) is 20.5. The van der Waals surface area contributed by atoms with Gasteiger partial charge in [0, 0.05) is 25.0 Å². The van der Waals surface area contributed by atoms with E-state index in [4.69, 9.17) is 5.73 Å². The van der Waals surface area contributed by atoms with Crippen molar-refractivity contribution in [3.63, 3.8) is 0 Å². The van der Waals surface area contributed by atoms with Gasteiger partial charge in [0.05, 0.1) is 17.1 Å². The molecule has 1 unspecified atom stereocenters. The quantitative estimate of drug-likeness (QED) is 0.820. The Labute approximate surface area is 116 Å². The zero-order valence-electron chi connectivity index (χ0n) is 11.1. The van der Waals surface area contributed by atoms with Gasteiger partial charge in [-0.3, -0.25) is 9.59 Å². The van der Waals surface area contributed by atoms with E-state index in [0.29, 0.717) is 13.1 Å². The topological polar surface area (TPSA) is 79.5 Å². The molecule has 0 aliphatic carbocycles. The molecule has 19 heavy (non-hydrogen) atoms. The number of rotatable bonds is 3. The molecule has 2 amide bonds. The third kappa shape index (κ3) is 3.30. The monoisotopic (exact) mass is 282 g/mol. The van der Waals surface area contributed by atoms with Crippen LogP contribution in [0.15, 0.2) is 5.38 Å². The molecule has 0 bridgehead atoms. The Hall–Kier alpha value is -1.47. The number of hydrogen-bond acceptors (Lipinski definition) is 5. The van der Waals surface area contributed by atoms with Crippen LogP contribution >= 0.6 is 11.3 Å². The van der Waals surface area contributed by atoms with Crippen molar-refractivity contribution >= 4 is 23.2 Å². The highest BCUT2D eigenvalue weighted by atomic mass is 32.1. The average molecular weight is 282 g/mol. The van der Waals surface area contributed by atoms with Crippen molar-refractivity contribution in [3.8, 4) is 0 Å². The van der Waals surface area contributed by atoms with Gasteiger partial charge in [0.25, 0.3) is 0 Å². The molecule has 1 aromatic rings. The van der Waals surface area contributed by atoms with Gasteiger partial charge in [0.1, 0.15) is 6.04 Å². The molecule has 2 N–H and O–H groups in total. The molecule has 6 nitrogen and oxygen atoms in total. The number of nitrogens with two attached hydrogens (primary N) is 1. The molecule has 2 heterocycles. The van der Waals surface area contributed by atoms with Gasteiger partial charge in [-0.2, -0.15) is 0 Å². The SMILES string of the molecule is Cc1nc(CC(=O)N2CCN(C)CC2C(N)=O)cs1. The minimum atomic E-state index is -0.536. The van der Waals surface area contributed by atoms with Crippen molar-refractivity contribution in [3.05, 3.63) is 16.1 Å². The van der Waals surface area contributed by atoms with Crippen LogP contribution in [0.5, 0.6) is 0 Å². The standard InChI is InChI=1S/C12H18N4O2S/c1-8-14-9(7-19-8)5-11(17)16-4-3-15(2)6-10(16)12(13)18/h7,10H,3-6H2,1-2H3,(H2,13,18). The molecule has 104 valence electrons. The predicted molar refractivity (Wildman–Crippen MR) is 72.7 cm³/mol. The van der Waals surface area contributed by atoms with Crippen LogP contribution < -0.4 is 5.73 Å². The summed E-state index contributed by atoms with van der Waals surface area (Å²) in [6, 6.07) is -0.536. The van der Waals surface area contributed by atoms with E-state index >= 15 is 0 Å². The zero-order chi connectivity index (χ0) is 14.0. The lowest BCUT2D eigenvalue weighted by molar-refractivity contribution is -0.141. The minimum absolute atomic E-state index is 0.0813. The summed E-state index contributed by atoms with van der Waals surface area (Å²) in [5.41, 5.74) is 6.14. The Morgan fingerprint density at radius 3 is 2.84 bits per heavy atom. The lowest BCUT2D eigenvalue weighted by atomic mass is 10.1. The Balaban J connectivity index is 2.06. The van der Waals surface area contributed by atoms with Crippen LogP contribution in [0.2, 0.25) is 0 Å². The average Bonchev–Trinajstić information content (AvgIpc) is 2.74. The molecule has 0 spiro atoms. The summed E-state index contributed by atoms with van der Waals surface area (Å²) in [6.07, 6.45) is 0.234. The highest BCUT2D eigenvalue weighted by Gasteiger charge is 2.32. The number of carbonyl (C=O) groups is 2. The number of aryl methyl sites for hydroxylation is 1. The number of piperazine rings is 1. The van der Waals surface area contributed by atoms with E-state index < -0.39 is 11.9 Å². The molecule has 1 saturated heterocycles. The summed E-state index contributed by atoms with van der Waals surface area (Å²) in [5, 5.41) is 2.82. The maximum Gasteiger partial charge on any atom is 0.241 e. The van der Waals surface area contributed by atoms with Crippen LogP contribution in [-0.2, 0) is 16.0 Å². The Morgan fingerprint density at radius 2 is 2.26 bits per heavy atom. The first kappa shape index (κ1) is 14.0. The molecule has 0 aromatic carbocycles. The molecule has 1 aromatic heterocycles. The molecule has 1 aliphatic heterocycles. The van der Waals surface area contributed by atoms with Crippen molar-refractivity contribution in [1.82, 2.24) is 14.8 Å². The van der Waals surface area contributed by atoms with Crippen LogP contribution in [0.1, 0.15) is 10.7 Å². The lowest BCUT2D eigenvalue weighted by Crippen LogP contribution is -2.59. The molecule has 7 heteroatoms. The third-order valence-electron chi connectivity index (χ3n) is 3.23. The van der Waals surface area contributed by atoms with Crippen LogP contribution in [0.4, 0.5) is 0 Å². The summed E-state index contributed by atoms with van der Waals surface area (Å²) in [6.45, 7) is 3.69. The van der Waals surface area contributed by atoms with Crippen LogP contribution in [-0.4, -0.2) is 59.3 Å². The molecular formula is C12H18N4O2S. The first-order valence-electron chi connectivity index (χ1n) is 6.15. The second kappa shape index (κ2) is 5.66. The molecule has 2 rings (SSSR count). The van der Waals surface area contributed by atoms with Gasteiger partial charge < -0.3 is 15.5 Å². The number of carbonyl (C=O) groups excluding carboxylic acids is 2. The van der Waals surface area contributed by atoms with E-state index in [1.165, 1.54) is 11.3 Å². The number of thiazole rings is 1. The molecule has 1 fully saturated rings. The van der Waals surface area contributed by atoms with E-state index in [-0.39, 0.29) is 12.3 Å². The Morgan fingerprint density at radius 1 is 1.53 bits per heavy atom. The number of primary amides is 1.